The molecule has 2 aromatic carbocycles. The van der Waals surface area contributed by atoms with E-state index in [1.54, 1.807) is 6.07 Å². The van der Waals surface area contributed by atoms with Crippen LogP contribution in [0.3, 0.4) is 0 Å². The van der Waals surface area contributed by atoms with E-state index in [2.05, 4.69) is 27.8 Å². The summed E-state index contributed by atoms with van der Waals surface area (Å²) in [6, 6.07) is 11.8. The molecule has 0 radical (unpaired) electrons. The Morgan fingerprint density at radius 2 is 1.37 bits per heavy atom. The van der Waals surface area contributed by atoms with E-state index in [9.17, 15) is 22.8 Å². The minimum Gasteiger partial charge on any atom is -0.490 e. The lowest BCUT2D eigenvalue weighted by molar-refractivity contribution is -0.275. The highest BCUT2D eigenvalue weighted by Gasteiger charge is 2.40. The number of ether oxygens (including phenoxy) is 3. The predicted molar refractivity (Wildman–Crippen MR) is 231 cm³/mol. The van der Waals surface area contributed by atoms with Crippen molar-refractivity contribution in [1.29, 1.82) is 0 Å². The number of nitrogens with zero attached hydrogens (tertiary/aromatic N) is 1. The summed E-state index contributed by atoms with van der Waals surface area (Å²) in [6.45, 7) is 4.00. The summed E-state index contributed by atoms with van der Waals surface area (Å²) in [5.74, 6) is 0.787. The zero-order valence-corrected chi connectivity index (χ0v) is 36.7. The van der Waals surface area contributed by atoms with Crippen molar-refractivity contribution in [3.63, 3.8) is 0 Å². The number of rotatable bonds is 28. The van der Waals surface area contributed by atoms with Gasteiger partial charge in [-0.05, 0) is 117 Å². The highest BCUT2D eigenvalue weighted by atomic mass is 19.4. The van der Waals surface area contributed by atoms with Crippen LogP contribution < -0.4 is 9.47 Å². The first-order valence-corrected chi connectivity index (χ1v) is 23.7. The van der Waals surface area contributed by atoms with E-state index in [-0.39, 0.29) is 29.7 Å². The fourth-order valence-electron chi connectivity index (χ4n) is 9.82. The van der Waals surface area contributed by atoms with E-state index >= 15 is 0 Å². The van der Waals surface area contributed by atoms with E-state index < -0.39 is 12.3 Å². The molecular formula is C50H74F3NO6. The topological polar surface area (TPSA) is 85.3 Å². The highest BCUT2D eigenvalue weighted by molar-refractivity contribution is 5.73. The Balaban J connectivity index is 0.978. The van der Waals surface area contributed by atoms with E-state index in [1.165, 1.54) is 95.8 Å². The fraction of sp³-hybridized carbons (Fsp3) is 0.720. The van der Waals surface area contributed by atoms with Crippen molar-refractivity contribution in [2.45, 2.75) is 192 Å². The number of aliphatic carboxylic acids is 1. The molecule has 3 atom stereocenters. The van der Waals surface area contributed by atoms with Gasteiger partial charge in [0.25, 0.3) is 0 Å². The second-order valence-corrected chi connectivity index (χ2v) is 18.2. The molecule has 0 spiro atoms. The number of aryl methyl sites for hydroxylation is 2. The largest absolute Gasteiger partial charge is 0.573 e. The average Bonchev–Trinajstić information content (AvgIpc) is 4.07. The molecule has 336 valence electrons. The van der Waals surface area contributed by atoms with Gasteiger partial charge in [0, 0.05) is 18.5 Å². The van der Waals surface area contributed by atoms with E-state index in [1.807, 2.05) is 13.0 Å². The predicted octanol–water partition coefficient (Wildman–Crippen LogP) is 13.1. The van der Waals surface area contributed by atoms with Crippen LogP contribution in [0.5, 0.6) is 11.5 Å². The van der Waals surface area contributed by atoms with E-state index in [4.69, 9.17) is 14.6 Å². The fourth-order valence-corrected chi connectivity index (χ4v) is 9.82. The zero-order chi connectivity index (χ0) is 42.7. The molecule has 0 aromatic heterocycles. The Labute approximate surface area is 358 Å². The minimum absolute atomic E-state index is 0.0934. The van der Waals surface area contributed by atoms with Gasteiger partial charge in [0.2, 0.25) is 0 Å². The first-order valence-electron chi connectivity index (χ1n) is 23.7. The second-order valence-electron chi connectivity index (χ2n) is 18.2. The molecule has 7 nitrogen and oxygen atoms in total. The summed E-state index contributed by atoms with van der Waals surface area (Å²) >= 11 is 0. The second kappa shape index (κ2) is 25.0. The summed E-state index contributed by atoms with van der Waals surface area (Å²) in [5.41, 5.74) is 4.05. The highest BCUT2D eigenvalue weighted by Crippen LogP contribution is 2.48. The standard InChI is InChI=1S/C50H74F3NO6/c1-37(49(57)58-2)48(41-24-25-41)42-26-23-39-27-29-44(59-46(39)35-42)40-30-32-54(33-31-40)36-43-34-38(22-28-45(43)60-50(51,52)53)20-18-16-14-12-10-8-6-4-3-5-7-9-11-13-15-17-19-21-47(55)56/h22-23,26,28,34-35,37,40-41,44,48H,3-21,24-25,27,29-33,36H2,1-2H3,(H,55,56)/t37-,44+,48-/m0/s1. The lowest BCUT2D eigenvalue weighted by Crippen LogP contribution is -2.40. The average molecular weight is 842 g/mol. The lowest BCUT2D eigenvalue weighted by atomic mass is 9.81. The Kier molecular flexibility index (Phi) is 19.9. The van der Waals surface area contributed by atoms with Crippen molar-refractivity contribution in [2.75, 3.05) is 20.2 Å². The summed E-state index contributed by atoms with van der Waals surface area (Å²) in [4.78, 5) is 25.3. The molecule has 60 heavy (non-hydrogen) atoms. The molecule has 3 aliphatic rings. The van der Waals surface area contributed by atoms with Crippen LogP contribution in [0.4, 0.5) is 13.2 Å². The molecule has 1 saturated carbocycles. The van der Waals surface area contributed by atoms with Gasteiger partial charge in [0.15, 0.2) is 0 Å². The third kappa shape index (κ3) is 16.5. The number of carboxylic acids is 1. The number of unbranched alkanes of at least 4 members (excludes halogenated alkanes) is 16. The number of alkyl halides is 3. The monoisotopic (exact) mass is 842 g/mol. The van der Waals surface area contributed by atoms with E-state index in [0.717, 1.165) is 107 Å². The summed E-state index contributed by atoms with van der Waals surface area (Å²) in [6.07, 6.45) is 23.1. The molecule has 2 aromatic rings. The van der Waals surface area contributed by atoms with Crippen molar-refractivity contribution < 1.29 is 42.1 Å². The van der Waals surface area contributed by atoms with Crippen molar-refractivity contribution in [2.24, 2.45) is 17.8 Å². The normalized spacial score (nSPS) is 18.4. The summed E-state index contributed by atoms with van der Waals surface area (Å²) < 4.78 is 56.6. The molecule has 2 aliphatic heterocycles. The number of piperidine rings is 1. The van der Waals surface area contributed by atoms with Crippen molar-refractivity contribution in [1.82, 2.24) is 4.90 Å². The number of hydrogen-bond acceptors (Lipinski definition) is 6. The Bertz CT molecular complexity index is 1590. The minimum atomic E-state index is -4.74. The van der Waals surface area contributed by atoms with Crippen molar-refractivity contribution in [3.05, 3.63) is 58.7 Å². The maximum atomic E-state index is 13.4. The van der Waals surface area contributed by atoms with Crippen LogP contribution in [0.15, 0.2) is 36.4 Å². The van der Waals surface area contributed by atoms with Crippen LogP contribution in [0.1, 0.15) is 183 Å². The number of benzene rings is 2. The van der Waals surface area contributed by atoms with Gasteiger partial charge in [-0.15, -0.1) is 13.2 Å². The molecular weight excluding hydrogens is 768 g/mol. The first kappa shape index (κ1) is 47.8. The number of fused-ring (bicyclic) bond motifs is 1. The van der Waals surface area contributed by atoms with Crippen LogP contribution in [-0.2, 0) is 33.7 Å². The van der Waals surface area contributed by atoms with Gasteiger partial charge in [-0.1, -0.05) is 128 Å². The van der Waals surface area contributed by atoms with Crippen LogP contribution in [0, 0.1) is 17.8 Å². The molecule has 0 unspecified atom stereocenters. The maximum Gasteiger partial charge on any atom is 0.573 e. The lowest BCUT2D eigenvalue weighted by Gasteiger charge is -2.38. The van der Waals surface area contributed by atoms with Gasteiger partial charge in [-0.3, -0.25) is 14.5 Å². The number of carboxylic acid groups (broad SMARTS) is 1. The Morgan fingerprint density at radius 3 is 1.92 bits per heavy atom. The molecule has 1 saturated heterocycles. The Morgan fingerprint density at radius 1 is 0.783 bits per heavy atom. The van der Waals surface area contributed by atoms with Gasteiger partial charge in [-0.2, -0.15) is 0 Å². The van der Waals surface area contributed by atoms with Gasteiger partial charge in [-0.25, -0.2) is 0 Å². The Hall–Kier alpha value is -3.27. The number of likely N-dealkylation sites (tertiary alicyclic amines) is 1. The van der Waals surface area contributed by atoms with Gasteiger partial charge >= 0.3 is 18.3 Å². The van der Waals surface area contributed by atoms with Crippen LogP contribution in [-0.4, -0.2) is 54.6 Å². The number of methoxy groups -OCH3 is 1. The molecule has 1 N–H and O–H groups in total. The smallest absolute Gasteiger partial charge is 0.490 e. The van der Waals surface area contributed by atoms with Gasteiger partial charge in [0.1, 0.15) is 17.6 Å². The molecule has 1 aliphatic carbocycles. The van der Waals surface area contributed by atoms with Crippen molar-refractivity contribution >= 4 is 11.9 Å². The molecule has 0 amide bonds. The molecule has 2 fully saturated rings. The zero-order valence-electron chi connectivity index (χ0n) is 36.7. The van der Waals surface area contributed by atoms with Gasteiger partial charge < -0.3 is 19.3 Å². The number of halogens is 3. The number of carbonyl (C=O) groups excluding carboxylic acids is 1. The van der Waals surface area contributed by atoms with Crippen molar-refractivity contribution in [3.8, 4) is 11.5 Å². The van der Waals surface area contributed by atoms with Crippen LogP contribution in [0.25, 0.3) is 0 Å². The van der Waals surface area contributed by atoms with Crippen LogP contribution >= 0.6 is 0 Å². The number of hydrogen-bond donors (Lipinski definition) is 1. The first-order chi connectivity index (χ1) is 29.0. The molecule has 5 rings (SSSR count). The van der Waals surface area contributed by atoms with Gasteiger partial charge in [0.05, 0.1) is 13.0 Å². The third-order valence-corrected chi connectivity index (χ3v) is 13.5. The summed E-state index contributed by atoms with van der Waals surface area (Å²) in [5, 5.41) is 8.70. The van der Waals surface area contributed by atoms with Crippen LogP contribution in [0.2, 0.25) is 0 Å². The maximum absolute atomic E-state index is 13.4. The number of esters is 1. The third-order valence-electron chi connectivity index (χ3n) is 13.5. The molecule has 10 heteroatoms. The SMILES string of the molecule is COC(=O)[C@@H](C)[C@H](c1ccc2c(c1)O[C@@H](C1CCN(Cc3cc(CCCCCCCCCCCCCCCCCCCC(=O)O)ccc3OC(F)(F)F)CC1)CC2)C1CC1. The quantitative estimate of drug-likeness (QED) is 0.0674. The summed E-state index contributed by atoms with van der Waals surface area (Å²) in [7, 11) is 1.46. The number of carbonyl (C=O) groups is 2. The molecule has 0 bridgehead atoms. The van der Waals surface area contributed by atoms with E-state index in [0.29, 0.717) is 30.4 Å². The molecule has 2 heterocycles.